The Morgan fingerprint density at radius 1 is 0.367 bits per heavy atom. The third kappa shape index (κ3) is 6.01. The zero-order valence-electron chi connectivity index (χ0n) is 32.5. The van der Waals surface area contributed by atoms with Gasteiger partial charge in [-0.2, -0.15) is 13.2 Å². The molecular formula is C55H35F3N2. The Balaban J connectivity index is 1.25. The van der Waals surface area contributed by atoms with Crippen LogP contribution in [0.3, 0.4) is 0 Å². The molecule has 0 bridgehead atoms. The number of benzene rings is 9. The highest BCUT2D eigenvalue weighted by Gasteiger charge is 2.30. The van der Waals surface area contributed by atoms with Crippen LogP contribution in [0.15, 0.2) is 194 Å². The highest BCUT2D eigenvalue weighted by atomic mass is 19.4. The number of hydrogen-bond acceptors (Lipinski definition) is 1. The summed E-state index contributed by atoms with van der Waals surface area (Å²) in [5.41, 5.74) is 11.1. The first kappa shape index (κ1) is 35.6. The average molecular weight is 781 g/mol. The average Bonchev–Trinajstić information content (AvgIpc) is 3.61. The number of fused-ring (bicyclic) bond motifs is 9. The molecule has 0 N–H and O–H groups in total. The Hall–Kier alpha value is -7.50. The van der Waals surface area contributed by atoms with Crippen LogP contribution in [0.25, 0.3) is 105 Å². The third-order valence-electron chi connectivity index (χ3n) is 11.9. The quantitative estimate of drug-likeness (QED) is 0.159. The van der Waals surface area contributed by atoms with Gasteiger partial charge in [0.25, 0.3) is 0 Å². The molecule has 11 aromatic rings. The second kappa shape index (κ2) is 13.8. The Bertz CT molecular complexity index is 3380. The minimum atomic E-state index is -4.41. The van der Waals surface area contributed by atoms with Gasteiger partial charge in [-0.15, -0.1) is 0 Å². The first-order valence-corrected chi connectivity index (χ1v) is 20.0. The van der Waals surface area contributed by atoms with Gasteiger partial charge < -0.3 is 4.57 Å². The summed E-state index contributed by atoms with van der Waals surface area (Å²) in [5, 5.41) is 9.00. The minimum absolute atomic E-state index is 0.666. The van der Waals surface area contributed by atoms with Gasteiger partial charge in [0.2, 0.25) is 0 Å². The van der Waals surface area contributed by atoms with E-state index in [4.69, 9.17) is 4.98 Å². The molecule has 2 nitrogen and oxygen atoms in total. The molecule has 5 heteroatoms. The molecule has 2 aromatic heterocycles. The maximum atomic E-state index is 13.6. The number of pyridine rings is 1. The maximum Gasteiger partial charge on any atom is 0.416 e. The molecule has 0 radical (unpaired) electrons. The molecule has 0 unspecified atom stereocenters. The first-order chi connectivity index (χ1) is 29.3. The lowest BCUT2D eigenvalue weighted by molar-refractivity contribution is -0.137. The van der Waals surface area contributed by atoms with Crippen LogP contribution in [-0.2, 0) is 6.18 Å². The highest BCUT2D eigenvalue weighted by Crippen LogP contribution is 2.44. The summed E-state index contributed by atoms with van der Waals surface area (Å²) in [7, 11) is 0. The molecule has 0 amide bonds. The molecule has 0 aliphatic carbocycles. The topological polar surface area (TPSA) is 17.8 Å². The van der Waals surface area contributed by atoms with E-state index >= 15 is 0 Å². The van der Waals surface area contributed by atoms with E-state index in [9.17, 15) is 13.2 Å². The molecule has 0 atom stereocenters. The SMILES string of the molecule is Cc1ccc(-c2ccc3c4ccccc4c4cc5c(cc4c3c2)c2cc(-c3ccc(C(F)(F)F)cc3)ccc2n5-c2cc(-c3ccccc3)nc(-c3ccccc3)c2)cc1. The van der Waals surface area contributed by atoms with Crippen LogP contribution < -0.4 is 0 Å². The van der Waals surface area contributed by atoms with Gasteiger partial charge in [-0.1, -0.05) is 145 Å². The summed E-state index contributed by atoms with van der Waals surface area (Å²) < 4.78 is 43.1. The molecule has 2 heterocycles. The predicted octanol–water partition coefficient (Wildman–Crippen LogP) is 15.6. The van der Waals surface area contributed by atoms with E-state index in [1.54, 1.807) is 12.1 Å². The van der Waals surface area contributed by atoms with Crippen molar-refractivity contribution in [1.82, 2.24) is 9.55 Å². The van der Waals surface area contributed by atoms with Gasteiger partial charge in [-0.3, -0.25) is 0 Å². The maximum absolute atomic E-state index is 13.6. The molecule has 60 heavy (non-hydrogen) atoms. The number of nitrogens with zero attached hydrogens (tertiary/aromatic N) is 2. The van der Waals surface area contributed by atoms with Crippen LogP contribution >= 0.6 is 0 Å². The van der Waals surface area contributed by atoms with Crippen molar-refractivity contribution in [2.24, 2.45) is 0 Å². The third-order valence-corrected chi connectivity index (χ3v) is 11.9. The van der Waals surface area contributed by atoms with Crippen molar-refractivity contribution >= 4 is 54.1 Å². The van der Waals surface area contributed by atoms with Crippen molar-refractivity contribution < 1.29 is 13.2 Å². The minimum Gasteiger partial charge on any atom is -0.309 e. The van der Waals surface area contributed by atoms with Crippen LogP contribution in [0.5, 0.6) is 0 Å². The number of rotatable bonds is 5. The molecule has 0 aliphatic rings. The van der Waals surface area contributed by atoms with Crippen molar-refractivity contribution in [2.45, 2.75) is 13.1 Å². The van der Waals surface area contributed by atoms with Crippen LogP contribution in [0.2, 0.25) is 0 Å². The van der Waals surface area contributed by atoms with E-state index in [0.29, 0.717) is 5.56 Å². The lowest BCUT2D eigenvalue weighted by Gasteiger charge is -2.15. The second-order valence-corrected chi connectivity index (χ2v) is 15.6. The molecule has 11 rings (SSSR count). The Morgan fingerprint density at radius 2 is 0.833 bits per heavy atom. The van der Waals surface area contributed by atoms with Crippen LogP contribution in [0, 0.1) is 6.92 Å². The Kier molecular flexibility index (Phi) is 8.21. The highest BCUT2D eigenvalue weighted by molar-refractivity contribution is 6.29. The monoisotopic (exact) mass is 780 g/mol. The molecule has 0 fully saturated rings. The molecular weight excluding hydrogens is 746 g/mol. The zero-order chi connectivity index (χ0) is 40.5. The van der Waals surface area contributed by atoms with Crippen LogP contribution in [0.4, 0.5) is 13.2 Å². The summed E-state index contributed by atoms with van der Waals surface area (Å²) >= 11 is 0. The zero-order valence-corrected chi connectivity index (χ0v) is 32.5. The van der Waals surface area contributed by atoms with Crippen molar-refractivity contribution in [3.63, 3.8) is 0 Å². The summed E-state index contributed by atoms with van der Waals surface area (Å²) in [4.78, 5) is 5.19. The van der Waals surface area contributed by atoms with E-state index in [1.165, 1.54) is 16.3 Å². The van der Waals surface area contributed by atoms with Gasteiger partial charge in [0, 0.05) is 21.9 Å². The van der Waals surface area contributed by atoms with Gasteiger partial charge in [0.1, 0.15) is 0 Å². The molecule has 286 valence electrons. The number of aromatic nitrogens is 2. The van der Waals surface area contributed by atoms with E-state index < -0.39 is 11.7 Å². The van der Waals surface area contributed by atoms with Crippen molar-refractivity contribution in [3.8, 4) is 50.5 Å². The fourth-order valence-corrected chi connectivity index (χ4v) is 8.86. The fraction of sp³-hybridized carbons (Fsp3) is 0.0364. The second-order valence-electron chi connectivity index (χ2n) is 15.6. The largest absolute Gasteiger partial charge is 0.416 e. The summed E-state index contributed by atoms with van der Waals surface area (Å²) in [5.74, 6) is 0. The van der Waals surface area contributed by atoms with Crippen molar-refractivity contribution in [1.29, 1.82) is 0 Å². The Labute approximate surface area is 344 Å². The van der Waals surface area contributed by atoms with Gasteiger partial charge >= 0.3 is 6.18 Å². The lowest BCUT2D eigenvalue weighted by atomic mass is 9.91. The molecule has 9 aromatic carbocycles. The summed E-state index contributed by atoms with van der Waals surface area (Å²) in [6.07, 6.45) is -4.41. The normalized spacial score (nSPS) is 12.0. The smallest absolute Gasteiger partial charge is 0.309 e. The van der Waals surface area contributed by atoms with Crippen LogP contribution in [-0.4, -0.2) is 9.55 Å². The fourth-order valence-electron chi connectivity index (χ4n) is 8.86. The van der Waals surface area contributed by atoms with Gasteiger partial charge in [-0.05, 0) is 116 Å². The van der Waals surface area contributed by atoms with E-state index in [0.717, 1.165) is 100 Å². The number of aryl methyl sites for hydroxylation is 1. The van der Waals surface area contributed by atoms with E-state index in [2.05, 4.69) is 139 Å². The number of halogens is 3. The molecule has 0 saturated carbocycles. The lowest BCUT2D eigenvalue weighted by Crippen LogP contribution is -2.03. The van der Waals surface area contributed by atoms with Gasteiger partial charge in [-0.25, -0.2) is 4.98 Å². The van der Waals surface area contributed by atoms with Crippen molar-refractivity contribution in [2.75, 3.05) is 0 Å². The number of alkyl halides is 3. The van der Waals surface area contributed by atoms with Gasteiger partial charge in [0.05, 0.1) is 33.7 Å². The standard InChI is InChI=1S/C55H35F3N2/c1-34-16-18-35(19-17-34)39-22-26-45-43-14-8-9-15-44(43)48-33-54-50(32-47(48)46(45)28-39)49-29-40(36-20-24-41(25-21-36)55(56,57)58)23-27-53(49)60(54)42-30-51(37-10-4-2-5-11-37)59-52(31-42)38-12-6-3-7-13-38/h2-33H,1H3. The predicted molar refractivity (Wildman–Crippen MR) is 243 cm³/mol. The molecule has 0 spiro atoms. The van der Waals surface area contributed by atoms with Crippen molar-refractivity contribution in [3.05, 3.63) is 205 Å². The molecule has 0 aliphatic heterocycles. The first-order valence-electron chi connectivity index (χ1n) is 20.0. The molecule has 0 saturated heterocycles. The Morgan fingerprint density at radius 3 is 1.45 bits per heavy atom. The number of hydrogen-bond donors (Lipinski definition) is 0. The van der Waals surface area contributed by atoms with Gasteiger partial charge in [0.15, 0.2) is 0 Å². The van der Waals surface area contributed by atoms with Crippen LogP contribution in [0.1, 0.15) is 11.1 Å². The van der Waals surface area contributed by atoms with E-state index in [-0.39, 0.29) is 0 Å². The summed E-state index contributed by atoms with van der Waals surface area (Å²) in [6.45, 7) is 2.10. The summed E-state index contributed by atoms with van der Waals surface area (Å²) in [6, 6.07) is 65.1. The van der Waals surface area contributed by atoms with E-state index in [1.807, 2.05) is 42.5 Å².